The Balaban J connectivity index is 1.97. The number of aryl methyl sites for hydroxylation is 2. The number of allylic oxidation sites excluding steroid dienone is 4. The number of sulfone groups is 1. The molecule has 3 heteroatoms. The predicted molar refractivity (Wildman–Crippen MR) is 96.0 cm³/mol. The Morgan fingerprint density at radius 3 is 1.91 bits per heavy atom. The Labute approximate surface area is 138 Å². The molecule has 0 heterocycles. The first-order valence-corrected chi connectivity index (χ1v) is 9.54. The number of hydrogen-bond acceptors (Lipinski definition) is 2. The highest BCUT2D eigenvalue weighted by molar-refractivity contribution is 7.90. The molecule has 0 saturated heterocycles. The molecule has 0 atom stereocenters. The van der Waals surface area contributed by atoms with E-state index in [4.69, 9.17) is 0 Å². The van der Waals surface area contributed by atoms with Gasteiger partial charge in [0.15, 0.2) is 9.84 Å². The van der Waals surface area contributed by atoms with Gasteiger partial charge in [0.2, 0.25) is 0 Å². The molecular formula is C20H20O2S. The maximum atomic E-state index is 11.6. The molecule has 118 valence electrons. The molecule has 0 saturated carbocycles. The molecule has 0 radical (unpaired) electrons. The minimum atomic E-state index is -3.15. The molecule has 1 aliphatic rings. The fraction of sp³-hybridized carbons (Fsp3) is 0.200. The van der Waals surface area contributed by atoms with Crippen LogP contribution in [0, 0.1) is 13.8 Å². The maximum Gasteiger partial charge on any atom is 0.175 e. The molecule has 0 aromatic heterocycles. The van der Waals surface area contributed by atoms with Crippen molar-refractivity contribution in [2.45, 2.75) is 25.2 Å². The molecule has 0 amide bonds. The van der Waals surface area contributed by atoms with E-state index >= 15 is 0 Å². The van der Waals surface area contributed by atoms with Crippen molar-refractivity contribution in [3.05, 3.63) is 76.9 Å². The Morgan fingerprint density at radius 2 is 1.35 bits per heavy atom. The van der Waals surface area contributed by atoms with Crippen molar-refractivity contribution < 1.29 is 8.42 Å². The minimum absolute atomic E-state index is 0.358. The van der Waals surface area contributed by atoms with Crippen LogP contribution in [-0.2, 0) is 9.84 Å². The van der Waals surface area contributed by atoms with Gasteiger partial charge in [-0.3, -0.25) is 0 Å². The van der Waals surface area contributed by atoms with Gasteiger partial charge in [0.25, 0.3) is 0 Å². The van der Waals surface area contributed by atoms with Crippen molar-refractivity contribution >= 4 is 21.0 Å². The first-order valence-electron chi connectivity index (χ1n) is 7.65. The zero-order chi connectivity index (χ0) is 16.6. The van der Waals surface area contributed by atoms with Crippen molar-refractivity contribution in [1.29, 1.82) is 0 Å². The van der Waals surface area contributed by atoms with Gasteiger partial charge < -0.3 is 0 Å². The summed E-state index contributed by atoms with van der Waals surface area (Å²) in [5.74, 6) is 0. The van der Waals surface area contributed by atoms with Crippen LogP contribution in [-0.4, -0.2) is 14.7 Å². The van der Waals surface area contributed by atoms with Crippen LogP contribution in [0.15, 0.2) is 59.5 Å². The molecule has 0 fully saturated rings. The third-order valence-electron chi connectivity index (χ3n) is 4.35. The second kappa shape index (κ2) is 5.82. The van der Waals surface area contributed by atoms with E-state index in [1.165, 1.54) is 34.1 Å². The third kappa shape index (κ3) is 3.15. The maximum absolute atomic E-state index is 11.6. The van der Waals surface area contributed by atoms with Gasteiger partial charge in [0.05, 0.1) is 4.90 Å². The van der Waals surface area contributed by atoms with Crippen molar-refractivity contribution in [2.24, 2.45) is 0 Å². The average molecular weight is 324 g/mol. The van der Waals surface area contributed by atoms with E-state index in [-0.39, 0.29) is 0 Å². The molecule has 2 aromatic carbocycles. The van der Waals surface area contributed by atoms with Crippen LogP contribution in [0.5, 0.6) is 0 Å². The van der Waals surface area contributed by atoms with Gasteiger partial charge in [-0.25, -0.2) is 8.42 Å². The highest BCUT2D eigenvalue weighted by atomic mass is 32.2. The lowest BCUT2D eigenvalue weighted by molar-refractivity contribution is 0.602. The van der Waals surface area contributed by atoms with Crippen molar-refractivity contribution in [1.82, 2.24) is 0 Å². The summed E-state index contributed by atoms with van der Waals surface area (Å²) >= 11 is 0. The lowest BCUT2D eigenvalue weighted by atomic mass is 9.93. The monoisotopic (exact) mass is 324 g/mol. The van der Waals surface area contributed by atoms with Crippen LogP contribution in [0.4, 0.5) is 0 Å². The molecule has 23 heavy (non-hydrogen) atoms. The number of hydrogen-bond donors (Lipinski definition) is 0. The molecule has 1 aliphatic carbocycles. The zero-order valence-corrected chi connectivity index (χ0v) is 14.4. The largest absolute Gasteiger partial charge is 0.224 e. The minimum Gasteiger partial charge on any atom is -0.224 e. The highest BCUT2D eigenvalue weighted by Crippen LogP contribution is 2.37. The van der Waals surface area contributed by atoms with Crippen LogP contribution in [0.1, 0.15) is 28.7 Å². The Kier molecular flexibility index (Phi) is 3.99. The van der Waals surface area contributed by atoms with Crippen LogP contribution in [0.2, 0.25) is 0 Å². The Hall–Kier alpha value is -2.13. The smallest absolute Gasteiger partial charge is 0.175 e. The SMILES string of the molecule is Cc1ccc(C2=CCC=C2c2ccc(S(C)(=O)=O)cc2)cc1C. The highest BCUT2D eigenvalue weighted by Gasteiger charge is 2.15. The molecule has 0 aliphatic heterocycles. The molecular weight excluding hydrogens is 304 g/mol. The van der Waals surface area contributed by atoms with Crippen molar-refractivity contribution in [2.75, 3.05) is 6.26 Å². The summed E-state index contributed by atoms with van der Waals surface area (Å²) in [7, 11) is -3.15. The van der Waals surface area contributed by atoms with E-state index in [9.17, 15) is 8.42 Å². The van der Waals surface area contributed by atoms with E-state index in [1.54, 1.807) is 12.1 Å². The summed E-state index contributed by atoms with van der Waals surface area (Å²) in [5.41, 5.74) is 7.23. The first kappa shape index (κ1) is 15.8. The molecule has 0 bridgehead atoms. The molecule has 0 N–H and O–H groups in total. The van der Waals surface area contributed by atoms with Crippen molar-refractivity contribution in [3.8, 4) is 0 Å². The van der Waals surface area contributed by atoms with E-state index in [1.807, 2.05) is 12.1 Å². The molecule has 2 nitrogen and oxygen atoms in total. The van der Waals surface area contributed by atoms with Crippen molar-refractivity contribution in [3.63, 3.8) is 0 Å². The van der Waals surface area contributed by atoms with Crippen LogP contribution in [0.3, 0.4) is 0 Å². The second-order valence-electron chi connectivity index (χ2n) is 6.07. The summed E-state index contributed by atoms with van der Waals surface area (Å²) in [6, 6.07) is 13.7. The van der Waals surface area contributed by atoms with Gasteiger partial charge >= 0.3 is 0 Å². The Morgan fingerprint density at radius 1 is 0.783 bits per heavy atom. The summed E-state index contributed by atoms with van der Waals surface area (Å²) in [5, 5.41) is 0. The second-order valence-corrected chi connectivity index (χ2v) is 8.08. The lowest BCUT2D eigenvalue weighted by Crippen LogP contribution is -1.97. The van der Waals surface area contributed by atoms with E-state index in [0.717, 1.165) is 12.0 Å². The fourth-order valence-electron chi connectivity index (χ4n) is 2.85. The fourth-order valence-corrected chi connectivity index (χ4v) is 3.48. The van der Waals surface area contributed by atoms with Gasteiger partial charge in [-0.05, 0) is 65.8 Å². The van der Waals surface area contributed by atoms with E-state index in [2.05, 4.69) is 44.2 Å². The first-order chi connectivity index (χ1) is 10.9. The average Bonchev–Trinajstić information content (AvgIpc) is 2.99. The van der Waals surface area contributed by atoms with Gasteiger partial charge in [-0.15, -0.1) is 0 Å². The van der Waals surface area contributed by atoms with Gasteiger partial charge in [-0.2, -0.15) is 0 Å². The molecule has 0 spiro atoms. The molecule has 0 unspecified atom stereocenters. The van der Waals surface area contributed by atoms with Crippen LogP contribution in [0.25, 0.3) is 11.1 Å². The van der Waals surface area contributed by atoms with Gasteiger partial charge in [-0.1, -0.05) is 42.5 Å². The zero-order valence-electron chi connectivity index (χ0n) is 13.6. The standard InChI is InChI=1S/C20H20O2S/c1-14-7-8-17(13-15(14)2)20-6-4-5-19(20)16-9-11-18(12-10-16)23(3,21)22/h5-13H,4H2,1-3H3. The number of benzene rings is 2. The molecule has 3 rings (SSSR count). The molecule has 2 aromatic rings. The number of rotatable bonds is 3. The predicted octanol–water partition coefficient (Wildman–Crippen LogP) is 4.58. The summed E-state index contributed by atoms with van der Waals surface area (Å²) in [4.78, 5) is 0.358. The van der Waals surface area contributed by atoms with Crippen LogP contribution >= 0.6 is 0 Å². The van der Waals surface area contributed by atoms with Gasteiger partial charge in [0, 0.05) is 6.26 Å². The topological polar surface area (TPSA) is 34.1 Å². The quantitative estimate of drug-likeness (QED) is 0.828. The van der Waals surface area contributed by atoms with E-state index < -0.39 is 9.84 Å². The lowest BCUT2D eigenvalue weighted by Gasteiger charge is -2.12. The summed E-state index contributed by atoms with van der Waals surface area (Å²) in [6.45, 7) is 4.24. The summed E-state index contributed by atoms with van der Waals surface area (Å²) in [6.07, 6.45) is 6.56. The normalized spacial score (nSPS) is 14.6. The van der Waals surface area contributed by atoms with Crippen LogP contribution < -0.4 is 0 Å². The van der Waals surface area contributed by atoms with E-state index in [0.29, 0.717) is 4.90 Å². The summed E-state index contributed by atoms with van der Waals surface area (Å²) < 4.78 is 23.2. The third-order valence-corrected chi connectivity index (χ3v) is 5.47. The Bertz CT molecular complexity index is 915. The van der Waals surface area contributed by atoms with Gasteiger partial charge in [0.1, 0.15) is 0 Å².